The van der Waals surface area contributed by atoms with Gasteiger partial charge in [0.2, 0.25) is 0 Å². The van der Waals surface area contributed by atoms with Gasteiger partial charge in [0, 0.05) is 6.20 Å². The van der Waals surface area contributed by atoms with Crippen LogP contribution in [-0.4, -0.2) is 21.1 Å². The van der Waals surface area contributed by atoms with Gasteiger partial charge in [0.25, 0.3) is 5.91 Å². The molecule has 0 aliphatic rings. The molecule has 0 radical (unpaired) electrons. The number of hydrogen-bond donors (Lipinski definition) is 3. The minimum absolute atomic E-state index is 0.312. The molecule has 6 heteroatoms. The Morgan fingerprint density at radius 2 is 2.27 bits per heavy atom. The minimum Gasteiger partial charge on any atom is -0.397 e. The van der Waals surface area contributed by atoms with Gasteiger partial charge in [-0.2, -0.15) is 5.10 Å². The molecule has 2 heterocycles. The fourth-order valence-corrected chi connectivity index (χ4v) is 1.05. The van der Waals surface area contributed by atoms with E-state index in [-0.39, 0.29) is 5.91 Å². The van der Waals surface area contributed by atoms with Crippen molar-refractivity contribution in [3.05, 3.63) is 36.3 Å². The van der Waals surface area contributed by atoms with E-state index in [9.17, 15) is 4.79 Å². The van der Waals surface area contributed by atoms with E-state index in [1.807, 2.05) is 0 Å². The number of nitrogen functional groups attached to an aromatic ring is 1. The quantitative estimate of drug-likeness (QED) is 0.667. The molecule has 0 fully saturated rings. The van der Waals surface area contributed by atoms with E-state index in [4.69, 9.17) is 5.73 Å². The van der Waals surface area contributed by atoms with Crippen LogP contribution in [0.5, 0.6) is 0 Å². The van der Waals surface area contributed by atoms with Crippen LogP contribution >= 0.6 is 0 Å². The van der Waals surface area contributed by atoms with Crippen LogP contribution in [0.4, 0.5) is 11.5 Å². The first-order chi connectivity index (χ1) is 7.25. The summed E-state index contributed by atoms with van der Waals surface area (Å²) in [5.41, 5.74) is 6.32. The van der Waals surface area contributed by atoms with Crippen LogP contribution in [0, 0.1) is 0 Å². The van der Waals surface area contributed by atoms with Gasteiger partial charge in [0.1, 0.15) is 11.5 Å². The zero-order chi connectivity index (χ0) is 10.7. The number of rotatable bonds is 2. The molecule has 0 spiro atoms. The first-order valence-corrected chi connectivity index (χ1v) is 4.28. The molecule has 2 aromatic heterocycles. The predicted molar refractivity (Wildman–Crippen MR) is 55.2 cm³/mol. The number of anilines is 2. The van der Waals surface area contributed by atoms with Crippen molar-refractivity contribution in [3.8, 4) is 0 Å². The van der Waals surface area contributed by atoms with E-state index in [1.54, 1.807) is 24.4 Å². The number of carbonyl (C=O) groups excluding carboxylic acids is 1. The van der Waals surface area contributed by atoms with Crippen molar-refractivity contribution in [2.45, 2.75) is 0 Å². The SMILES string of the molecule is Nc1ccc(NC(=O)c2cc[nH]n2)nc1. The van der Waals surface area contributed by atoms with Gasteiger partial charge in [-0.15, -0.1) is 0 Å². The topological polar surface area (TPSA) is 96.7 Å². The Balaban J connectivity index is 2.09. The molecule has 0 aliphatic carbocycles. The number of pyridine rings is 1. The minimum atomic E-state index is -0.312. The van der Waals surface area contributed by atoms with Crippen molar-refractivity contribution >= 4 is 17.4 Å². The van der Waals surface area contributed by atoms with Crippen LogP contribution < -0.4 is 11.1 Å². The molecule has 2 aromatic rings. The van der Waals surface area contributed by atoms with Gasteiger partial charge < -0.3 is 11.1 Å². The molecule has 4 N–H and O–H groups in total. The normalized spacial score (nSPS) is 9.87. The van der Waals surface area contributed by atoms with Crippen LogP contribution in [0.25, 0.3) is 0 Å². The van der Waals surface area contributed by atoms with Crippen LogP contribution in [0.15, 0.2) is 30.6 Å². The Kier molecular flexibility index (Phi) is 2.32. The first-order valence-electron chi connectivity index (χ1n) is 4.28. The summed E-state index contributed by atoms with van der Waals surface area (Å²) >= 11 is 0. The van der Waals surface area contributed by atoms with E-state index < -0.39 is 0 Å². The van der Waals surface area contributed by atoms with Gasteiger partial charge in [0.05, 0.1) is 11.9 Å². The third kappa shape index (κ3) is 2.11. The Bertz CT molecular complexity index is 448. The highest BCUT2D eigenvalue weighted by atomic mass is 16.2. The highest BCUT2D eigenvalue weighted by Crippen LogP contribution is 2.07. The van der Waals surface area contributed by atoms with Gasteiger partial charge in [-0.25, -0.2) is 4.98 Å². The molecule has 15 heavy (non-hydrogen) atoms. The van der Waals surface area contributed by atoms with Crippen molar-refractivity contribution in [3.63, 3.8) is 0 Å². The number of aromatic amines is 1. The van der Waals surface area contributed by atoms with E-state index >= 15 is 0 Å². The average Bonchev–Trinajstić information content (AvgIpc) is 2.74. The number of amides is 1. The van der Waals surface area contributed by atoms with Crippen LogP contribution in [-0.2, 0) is 0 Å². The van der Waals surface area contributed by atoms with E-state index in [2.05, 4.69) is 20.5 Å². The Morgan fingerprint density at radius 1 is 1.40 bits per heavy atom. The predicted octanol–water partition coefficient (Wildman–Crippen LogP) is 0.639. The maximum atomic E-state index is 11.5. The standard InChI is InChI=1S/C9H9N5O/c10-6-1-2-8(11-5-6)13-9(15)7-3-4-12-14-7/h1-5H,10H2,(H,12,14)(H,11,13,15). The number of nitrogens with two attached hydrogens (primary N) is 1. The fourth-order valence-electron chi connectivity index (χ4n) is 1.05. The number of H-pyrrole nitrogens is 1. The molecule has 0 atom stereocenters. The highest BCUT2D eigenvalue weighted by molar-refractivity contribution is 6.02. The third-order valence-corrected chi connectivity index (χ3v) is 1.76. The van der Waals surface area contributed by atoms with Gasteiger partial charge in [-0.3, -0.25) is 9.89 Å². The molecular weight excluding hydrogens is 194 g/mol. The zero-order valence-corrected chi connectivity index (χ0v) is 7.77. The molecule has 6 nitrogen and oxygen atoms in total. The van der Waals surface area contributed by atoms with Gasteiger partial charge >= 0.3 is 0 Å². The summed E-state index contributed by atoms with van der Waals surface area (Å²) in [7, 11) is 0. The summed E-state index contributed by atoms with van der Waals surface area (Å²) in [6.07, 6.45) is 3.05. The lowest BCUT2D eigenvalue weighted by molar-refractivity contribution is 0.102. The summed E-state index contributed by atoms with van der Waals surface area (Å²) in [5.74, 6) is 0.130. The van der Waals surface area contributed by atoms with Crippen molar-refractivity contribution < 1.29 is 4.79 Å². The van der Waals surface area contributed by atoms with Crippen molar-refractivity contribution in [2.24, 2.45) is 0 Å². The Morgan fingerprint density at radius 3 is 2.87 bits per heavy atom. The molecule has 2 rings (SSSR count). The summed E-state index contributed by atoms with van der Waals surface area (Å²) < 4.78 is 0. The van der Waals surface area contributed by atoms with Gasteiger partial charge in [0.15, 0.2) is 0 Å². The lowest BCUT2D eigenvalue weighted by atomic mass is 10.4. The smallest absolute Gasteiger partial charge is 0.277 e. The molecule has 0 saturated carbocycles. The third-order valence-electron chi connectivity index (χ3n) is 1.76. The molecule has 0 bridgehead atoms. The molecule has 0 aliphatic heterocycles. The fraction of sp³-hybridized carbons (Fsp3) is 0. The average molecular weight is 203 g/mol. The van der Waals surface area contributed by atoms with Gasteiger partial charge in [-0.1, -0.05) is 0 Å². The maximum absolute atomic E-state index is 11.5. The number of nitrogens with zero attached hydrogens (tertiary/aromatic N) is 2. The number of aromatic nitrogens is 3. The molecule has 76 valence electrons. The van der Waals surface area contributed by atoms with Crippen LogP contribution in [0.2, 0.25) is 0 Å². The second-order valence-corrected chi connectivity index (χ2v) is 2.89. The largest absolute Gasteiger partial charge is 0.397 e. The van der Waals surface area contributed by atoms with Crippen molar-refractivity contribution in [2.75, 3.05) is 11.1 Å². The van der Waals surface area contributed by atoms with Crippen molar-refractivity contribution in [1.82, 2.24) is 15.2 Å². The highest BCUT2D eigenvalue weighted by Gasteiger charge is 2.07. The maximum Gasteiger partial charge on any atom is 0.277 e. The summed E-state index contributed by atoms with van der Waals surface area (Å²) in [4.78, 5) is 15.4. The Hall–Kier alpha value is -2.37. The zero-order valence-electron chi connectivity index (χ0n) is 7.77. The summed E-state index contributed by atoms with van der Waals surface area (Å²) in [5, 5.41) is 8.88. The number of nitrogens with one attached hydrogen (secondary N) is 2. The van der Waals surface area contributed by atoms with Crippen molar-refractivity contribution in [1.29, 1.82) is 0 Å². The van der Waals surface area contributed by atoms with E-state index in [0.717, 1.165) is 0 Å². The Labute approximate surface area is 85.5 Å². The molecule has 0 aromatic carbocycles. The summed E-state index contributed by atoms with van der Waals surface area (Å²) in [6, 6.07) is 4.86. The number of hydrogen-bond acceptors (Lipinski definition) is 4. The second-order valence-electron chi connectivity index (χ2n) is 2.89. The van der Waals surface area contributed by atoms with E-state index in [1.165, 1.54) is 6.20 Å². The van der Waals surface area contributed by atoms with Crippen LogP contribution in [0.3, 0.4) is 0 Å². The summed E-state index contributed by atoms with van der Waals surface area (Å²) in [6.45, 7) is 0. The molecule has 0 unspecified atom stereocenters. The first kappa shape index (κ1) is 9.20. The second kappa shape index (κ2) is 3.79. The lowest BCUT2D eigenvalue weighted by Crippen LogP contribution is -2.13. The van der Waals surface area contributed by atoms with E-state index in [0.29, 0.717) is 17.2 Å². The molecular formula is C9H9N5O. The van der Waals surface area contributed by atoms with Crippen LogP contribution in [0.1, 0.15) is 10.5 Å². The monoisotopic (exact) mass is 203 g/mol. The number of carbonyl (C=O) groups is 1. The lowest BCUT2D eigenvalue weighted by Gasteiger charge is -2.01. The molecule has 0 saturated heterocycles. The van der Waals surface area contributed by atoms with Gasteiger partial charge in [-0.05, 0) is 18.2 Å². The molecule has 1 amide bonds.